The smallest absolute Gasteiger partial charge is 0.409 e. The Balaban J connectivity index is 1.52. The quantitative estimate of drug-likeness (QED) is 0.854. The second-order valence-corrected chi connectivity index (χ2v) is 7.68. The van der Waals surface area contributed by atoms with Gasteiger partial charge >= 0.3 is 6.09 Å². The van der Waals surface area contributed by atoms with Crippen molar-refractivity contribution in [2.45, 2.75) is 39.2 Å². The van der Waals surface area contributed by atoms with Crippen molar-refractivity contribution in [1.29, 1.82) is 0 Å². The molecule has 1 aliphatic heterocycles. The first-order chi connectivity index (χ1) is 13.1. The van der Waals surface area contributed by atoms with E-state index >= 15 is 0 Å². The van der Waals surface area contributed by atoms with Gasteiger partial charge in [-0.2, -0.15) is 0 Å². The van der Waals surface area contributed by atoms with Crippen LogP contribution in [0.5, 0.6) is 0 Å². The molecule has 7 heteroatoms. The minimum Gasteiger partial charge on any atom is -0.450 e. The molecule has 0 bridgehead atoms. The molecular formula is C20H25N3O3S. The lowest BCUT2D eigenvalue weighted by molar-refractivity contribution is -0.121. The molecule has 2 heterocycles. The van der Waals surface area contributed by atoms with Crippen LogP contribution in [-0.4, -0.2) is 47.6 Å². The zero-order valence-electron chi connectivity index (χ0n) is 15.7. The van der Waals surface area contributed by atoms with E-state index in [0.717, 1.165) is 34.0 Å². The van der Waals surface area contributed by atoms with Gasteiger partial charge in [0.2, 0.25) is 5.91 Å². The highest BCUT2D eigenvalue weighted by Crippen LogP contribution is 2.28. The van der Waals surface area contributed by atoms with Crippen molar-refractivity contribution in [3.8, 4) is 10.6 Å². The van der Waals surface area contributed by atoms with Crippen LogP contribution >= 0.6 is 11.3 Å². The number of carbonyl (C=O) groups excluding carboxylic acids is 2. The van der Waals surface area contributed by atoms with Crippen LogP contribution in [-0.2, 0) is 16.0 Å². The Labute approximate surface area is 163 Å². The molecule has 0 spiro atoms. The number of aryl methyl sites for hydroxylation is 1. The van der Waals surface area contributed by atoms with E-state index in [1.165, 1.54) is 0 Å². The van der Waals surface area contributed by atoms with Crippen LogP contribution in [0.15, 0.2) is 30.3 Å². The number of piperidine rings is 1. The van der Waals surface area contributed by atoms with Crippen molar-refractivity contribution in [2.24, 2.45) is 0 Å². The first-order valence-corrected chi connectivity index (χ1v) is 10.1. The van der Waals surface area contributed by atoms with Crippen molar-refractivity contribution >= 4 is 23.3 Å². The predicted octanol–water partition coefficient (Wildman–Crippen LogP) is 3.40. The van der Waals surface area contributed by atoms with E-state index in [2.05, 4.69) is 10.3 Å². The van der Waals surface area contributed by atoms with E-state index in [1.54, 1.807) is 23.2 Å². The fraction of sp³-hybridized carbons (Fsp3) is 0.450. The Bertz CT molecular complexity index is 783. The van der Waals surface area contributed by atoms with Gasteiger partial charge in [-0.05, 0) is 26.7 Å². The summed E-state index contributed by atoms with van der Waals surface area (Å²) in [7, 11) is 0. The Morgan fingerprint density at radius 2 is 1.96 bits per heavy atom. The average Bonchev–Trinajstić information content (AvgIpc) is 3.03. The van der Waals surface area contributed by atoms with Gasteiger partial charge in [-0.1, -0.05) is 30.3 Å². The standard InChI is InChI=1S/C20H25N3O3S/c1-3-26-20(25)23-11-9-16(10-12-23)22-18(24)13-17-14(2)21-19(27-17)15-7-5-4-6-8-15/h4-8,16H,3,9-13H2,1-2H3,(H,22,24). The van der Waals surface area contributed by atoms with E-state index < -0.39 is 0 Å². The lowest BCUT2D eigenvalue weighted by Crippen LogP contribution is -2.47. The van der Waals surface area contributed by atoms with E-state index in [4.69, 9.17) is 4.74 Å². The number of nitrogens with one attached hydrogen (secondary N) is 1. The first kappa shape index (κ1) is 19.4. The number of likely N-dealkylation sites (tertiary alicyclic amines) is 1. The zero-order valence-corrected chi connectivity index (χ0v) is 16.6. The maximum absolute atomic E-state index is 12.5. The number of carbonyl (C=O) groups is 2. The molecule has 2 amide bonds. The largest absolute Gasteiger partial charge is 0.450 e. The Hall–Kier alpha value is -2.41. The second-order valence-electron chi connectivity index (χ2n) is 6.60. The summed E-state index contributed by atoms with van der Waals surface area (Å²) in [5, 5.41) is 4.04. The Morgan fingerprint density at radius 3 is 2.63 bits per heavy atom. The van der Waals surface area contributed by atoms with E-state index in [0.29, 0.717) is 26.1 Å². The summed E-state index contributed by atoms with van der Waals surface area (Å²) in [5.41, 5.74) is 1.98. The molecule has 0 saturated carbocycles. The molecule has 0 atom stereocenters. The lowest BCUT2D eigenvalue weighted by Gasteiger charge is -2.31. The van der Waals surface area contributed by atoms with Crippen molar-refractivity contribution in [3.05, 3.63) is 40.9 Å². The van der Waals surface area contributed by atoms with Crippen LogP contribution in [0.4, 0.5) is 4.79 Å². The molecule has 0 radical (unpaired) electrons. The molecule has 6 nitrogen and oxygen atoms in total. The molecule has 1 saturated heterocycles. The van der Waals surface area contributed by atoms with Gasteiger partial charge < -0.3 is 15.0 Å². The van der Waals surface area contributed by atoms with Crippen LogP contribution in [0.3, 0.4) is 0 Å². The molecule has 0 unspecified atom stereocenters. The third-order valence-electron chi connectivity index (χ3n) is 4.62. The van der Waals surface area contributed by atoms with Gasteiger partial charge in [0.15, 0.2) is 0 Å². The van der Waals surface area contributed by atoms with E-state index in [-0.39, 0.29) is 18.0 Å². The molecule has 1 aromatic carbocycles. The average molecular weight is 388 g/mol. The molecule has 1 aromatic heterocycles. The highest BCUT2D eigenvalue weighted by atomic mass is 32.1. The predicted molar refractivity (Wildman–Crippen MR) is 106 cm³/mol. The maximum Gasteiger partial charge on any atom is 0.409 e. The van der Waals surface area contributed by atoms with Gasteiger partial charge in [0.1, 0.15) is 5.01 Å². The van der Waals surface area contributed by atoms with Crippen LogP contribution < -0.4 is 5.32 Å². The summed E-state index contributed by atoms with van der Waals surface area (Å²) in [5.74, 6) is 0.0101. The highest BCUT2D eigenvalue weighted by molar-refractivity contribution is 7.15. The summed E-state index contributed by atoms with van der Waals surface area (Å²) in [6.45, 7) is 5.36. The SMILES string of the molecule is CCOC(=O)N1CCC(NC(=O)Cc2sc(-c3ccccc3)nc2C)CC1. The molecule has 3 rings (SSSR count). The molecule has 2 aromatic rings. The normalized spacial score (nSPS) is 14.8. The summed E-state index contributed by atoms with van der Waals surface area (Å²) in [4.78, 5) is 31.5. The number of hydrogen-bond donors (Lipinski definition) is 1. The third-order valence-corrected chi connectivity index (χ3v) is 5.83. The summed E-state index contributed by atoms with van der Waals surface area (Å²) < 4.78 is 5.02. The number of ether oxygens (including phenoxy) is 1. The highest BCUT2D eigenvalue weighted by Gasteiger charge is 2.25. The van der Waals surface area contributed by atoms with Crippen LogP contribution in [0.2, 0.25) is 0 Å². The Kier molecular flexibility index (Phi) is 6.45. The monoisotopic (exact) mass is 387 g/mol. The van der Waals surface area contributed by atoms with Crippen LogP contribution in [0.1, 0.15) is 30.3 Å². The number of aromatic nitrogens is 1. The number of thiazole rings is 1. The fourth-order valence-corrected chi connectivity index (χ4v) is 4.21. The van der Waals surface area contributed by atoms with E-state index in [9.17, 15) is 9.59 Å². The molecule has 27 heavy (non-hydrogen) atoms. The fourth-order valence-electron chi connectivity index (χ4n) is 3.14. The van der Waals surface area contributed by atoms with E-state index in [1.807, 2.05) is 37.3 Å². The zero-order chi connectivity index (χ0) is 19.2. The number of hydrogen-bond acceptors (Lipinski definition) is 5. The van der Waals surface area contributed by atoms with Gasteiger partial charge in [-0.15, -0.1) is 11.3 Å². The molecular weight excluding hydrogens is 362 g/mol. The van der Waals surface area contributed by atoms with Crippen LogP contribution in [0.25, 0.3) is 10.6 Å². The van der Waals surface area contributed by atoms with Gasteiger partial charge in [0.25, 0.3) is 0 Å². The van der Waals surface area contributed by atoms with Gasteiger partial charge in [-0.3, -0.25) is 4.79 Å². The number of benzene rings is 1. The van der Waals surface area contributed by atoms with Crippen molar-refractivity contribution in [2.75, 3.05) is 19.7 Å². The third kappa shape index (κ3) is 5.07. The van der Waals surface area contributed by atoms with Gasteiger partial charge in [-0.25, -0.2) is 9.78 Å². The van der Waals surface area contributed by atoms with Crippen LogP contribution in [0, 0.1) is 6.92 Å². The van der Waals surface area contributed by atoms with Gasteiger partial charge in [0.05, 0.1) is 18.7 Å². The summed E-state index contributed by atoms with van der Waals surface area (Å²) >= 11 is 1.57. The van der Waals surface area contributed by atoms with Gasteiger partial charge in [0, 0.05) is 29.6 Å². The minimum atomic E-state index is -0.268. The van der Waals surface area contributed by atoms with Crippen molar-refractivity contribution in [3.63, 3.8) is 0 Å². The molecule has 1 N–H and O–H groups in total. The summed E-state index contributed by atoms with van der Waals surface area (Å²) in [6.07, 6.45) is 1.58. The number of rotatable bonds is 5. The summed E-state index contributed by atoms with van der Waals surface area (Å²) in [6, 6.07) is 10.1. The second kappa shape index (κ2) is 8.99. The number of nitrogens with zero attached hydrogens (tertiary/aromatic N) is 2. The Morgan fingerprint density at radius 1 is 1.26 bits per heavy atom. The molecule has 1 aliphatic rings. The molecule has 1 fully saturated rings. The lowest BCUT2D eigenvalue weighted by atomic mass is 10.1. The van der Waals surface area contributed by atoms with Crippen molar-refractivity contribution in [1.82, 2.24) is 15.2 Å². The molecule has 144 valence electrons. The first-order valence-electron chi connectivity index (χ1n) is 9.29. The minimum absolute atomic E-state index is 0.0101. The number of amides is 2. The topological polar surface area (TPSA) is 71.5 Å². The molecule has 0 aliphatic carbocycles. The maximum atomic E-state index is 12.5. The van der Waals surface area contributed by atoms with Crippen molar-refractivity contribution < 1.29 is 14.3 Å².